The van der Waals surface area contributed by atoms with Crippen LogP contribution < -0.4 is 9.64 Å². The van der Waals surface area contributed by atoms with Crippen molar-refractivity contribution in [3.05, 3.63) is 130 Å². The Labute approximate surface area is 225 Å². The van der Waals surface area contributed by atoms with Gasteiger partial charge in [-0.3, -0.25) is 19.5 Å². The van der Waals surface area contributed by atoms with Crippen LogP contribution >= 0.6 is 11.6 Å². The van der Waals surface area contributed by atoms with Crippen LogP contribution in [-0.2, 0) is 16.2 Å². The third kappa shape index (κ3) is 4.78. The molecule has 0 bridgehead atoms. The maximum Gasteiger partial charge on any atom is 0.300 e. The number of benzene rings is 3. The third-order valence-corrected chi connectivity index (χ3v) is 6.99. The van der Waals surface area contributed by atoms with Gasteiger partial charge in [0.2, 0.25) is 0 Å². The van der Waals surface area contributed by atoms with E-state index in [-0.39, 0.29) is 11.3 Å². The van der Waals surface area contributed by atoms with Gasteiger partial charge in [-0.15, -0.1) is 0 Å². The molecule has 0 aliphatic carbocycles. The summed E-state index contributed by atoms with van der Waals surface area (Å²) in [7, 11) is 0. The molecule has 1 amide bonds. The van der Waals surface area contributed by atoms with Crippen LogP contribution in [0, 0.1) is 13.8 Å². The summed E-state index contributed by atoms with van der Waals surface area (Å²) in [6.45, 7) is 4.12. The summed E-state index contributed by atoms with van der Waals surface area (Å²) in [5, 5.41) is 11.9. The minimum atomic E-state index is -0.855. The Balaban J connectivity index is 1.55. The van der Waals surface area contributed by atoms with E-state index in [9.17, 15) is 14.7 Å². The number of aliphatic hydroxyl groups is 1. The quantitative estimate of drug-likeness (QED) is 0.175. The third-order valence-electron chi connectivity index (χ3n) is 6.59. The van der Waals surface area contributed by atoms with Crippen LogP contribution in [-0.4, -0.2) is 21.8 Å². The van der Waals surface area contributed by atoms with Gasteiger partial charge in [-0.1, -0.05) is 48.0 Å². The Bertz CT molecular complexity index is 1550. The smallest absolute Gasteiger partial charge is 0.300 e. The monoisotopic (exact) mass is 524 g/mol. The van der Waals surface area contributed by atoms with E-state index in [1.807, 2.05) is 44.2 Å². The number of aryl methyl sites for hydroxylation is 2. The van der Waals surface area contributed by atoms with Crippen LogP contribution in [0.15, 0.2) is 96.8 Å². The van der Waals surface area contributed by atoms with Crippen LogP contribution in [0.2, 0.25) is 5.02 Å². The van der Waals surface area contributed by atoms with E-state index in [2.05, 4.69) is 4.98 Å². The lowest BCUT2D eigenvalue weighted by atomic mass is 9.95. The number of nitrogens with zero attached hydrogens (tertiary/aromatic N) is 2. The molecule has 3 aromatic carbocycles. The molecule has 1 aliphatic heterocycles. The van der Waals surface area contributed by atoms with Gasteiger partial charge in [0.25, 0.3) is 11.7 Å². The molecule has 4 aromatic rings. The van der Waals surface area contributed by atoms with Gasteiger partial charge >= 0.3 is 0 Å². The molecule has 1 saturated heterocycles. The largest absolute Gasteiger partial charge is 0.507 e. The summed E-state index contributed by atoms with van der Waals surface area (Å²) in [5.74, 6) is -1.12. The molecule has 0 saturated carbocycles. The first-order valence-electron chi connectivity index (χ1n) is 12.1. The van der Waals surface area contributed by atoms with Crippen molar-refractivity contribution in [2.24, 2.45) is 0 Å². The van der Waals surface area contributed by atoms with E-state index in [1.165, 1.54) is 4.90 Å². The number of pyridine rings is 1. The summed E-state index contributed by atoms with van der Waals surface area (Å²) in [5.41, 5.74) is 4.17. The molecular formula is C31H25ClN2O4. The molecule has 2 heterocycles. The molecule has 5 rings (SSSR count). The number of amides is 1. The van der Waals surface area contributed by atoms with Crippen molar-refractivity contribution in [1.29, 1.82) is 0 Å². The lowest BCUT2D eigenvalue weighted by Gasteiger charge is -2.25. The standard InChI is InChI=1S/C31H25ClN2O4/c1-19-8-10-24(17-25(19)32)34-28(22-12-14-33-15-13-22)27(30(36)31(34)37)29(35)23-9-11-26(20(2)16-23)38-18-21-6-4-3-5-7-21/h3-17,28,35H,18H2,1-2H3/b29-27+. The van der Waals surface area contributed by atoms with Crippen LogP contribution in [0.25, 0.3) is 5.76 Å². The van der Waals surface area contributed by atoms with E-state index in [0.29, 0.717) is 34.2 Å². The lowest BCUT2D eigenvalue weighted by Crippen LogP contribution is -2.29. The Morgan fingerprint density at radius 3 is 2.37 bits per heavy atom. The van der Waals surface area contributed by atoms with Crippen molar-refractivity contribution in [3.8, 4) is 5.75 Å². The Kier molecular flexibility index (Phi) is 6.99. The zero-order valence-corrected chi connectivity index (χ0v) is 21.6. The number of carbonyl (C=O) groups is 2. The van der Waals surface area contributed by atoms with E-state index in [1.54, 1.807) is 60.9 Å². The average Bonchev–Trinajstić information content (AvgIpc) is 3.20. The molecule has 1 N–H and O–H groups in total. The second kappa shape index (κ2) is 10.5. The van der Waals surface area contributed by atoms with Crippen LogP contribution in [0.1, 0.15) is 33.9 Å². The fraction of sp³-hybridized carbons (Fsp3) is 0.129. The van der Waals surface area contributed by atoms with E-state index < -0.39 is 17.7 Å². The topological polar surface area (TPSA) is 79.7 Å². The number of halogens is 1. The Hall–Kier alpha value is -4.42. The van der Waals surface area contributed by atoms with Gasteiger partial charge in [-0.05, 0) is 78.6 Å². The molecule has 1 aromatic heterocycles. The highest BCUT2D eigenvalue weighted by molar-refractivity contribution is 6.51. The molecule has 1 aliphatic rings. The van der Waals surface area contributed by atoms with E-state index in [0.717, 1.165) is 16.7 Å². The first-order valence-corrected chi connectivity index (χ1v) is 12.5. The number of hydrogen-bond donors (Lipinski definition) is 1. The number of carbonyl (C=O) groups excluding carboxylic acids is 2. The normalized spacial score (nSPS) is 16.6. The minimum absolute atomic E-state index is 0.00440. The van der Waals surface area contributed by atoms with Gasteiger partial charge in [0.15, 0.2) is 0 Å². The maximum absolute atomic E-state index is 13.4. The van der Waals surface area contributed by atoms with Gasteiger partial charge in [0.1, 0.15) is 18.1 Å². The number of Topliss-reactive ketones (excluding diaryl/α,β-unsaturated/α-hetero) is 1. The van der Waals surface area contributed by atoms with Gasteiger partial charge in [0, 0.05) is 28.7 Å². The molecule has 1 fully saturated rings. The fourth-order valence-electron chi connectivity index (χ4n) is 4.54. The summed E-state index contributed by atoms with van der Waals surface area (Å²) in [4.78, 5) is 32.1. The summed E-state index contributed by atoms with van der Waals surface area (Å²) < 4.78 is 5.96. The van der Waals surface area contributed by atoms with Gasteiger partial charge < -0.3 is 9.84 Å². The molecule has 1 atom stereocenters. The minimum Gasteiger partial charge on any atom is -0.507 e. The number of ether oxygens (including phenoxy) is 1. The molecule has 1 unspecified atom stereocenters. The molecular weight excluding hydrogens is 500 g/mol. The first kappa shape index (κ1) is 25.2. The zero-order chi connectivity index (χ0) is 26.8. The molecule has 38 heavy (non-hydrogen) atoms. The average molecular weight is 525 g/mol. The van der Waals surface area contributed by atoms with Gasteiger partial charge in [-0.2, -0.15) is 0 Å². The predicted molar refractivity (Wildman–Crippen MR) is 147 cm³/mol. The SMILES string of the molecule is Cc1ccc(N2C(=O)C(=O)/C(=C(/O)c3ccc(OCc4ccccc4)c(C)c3)C2c2ccncc2)cc1Cl. The summed E-state index contributed by atoms with van der Waals surface area (Å²) in [6, 6.07) is 22.8. The maximum atomic E-state index is 13.4. The zero-order valence-electron chi connectivity index (χ0n) is 20.9. The number of aromatic nitrogens is 1. The highest BCUT2D eigenvalue weighted by Gasteiger charge is 2.47. The fourth-order valence-corrected chi connectivity index (χ4v) is 4.72. The highest BCUT2D eigenvalue weighted by Crippen LogP contribution is 2.43. The first-order chi connectivity index (χ1) is 18.3. The summed E-state index contributed by atoms with van der Waals surface area (Å²) >= 11 is 6.36. The second-order valence-corrected chi connectivity index (χ2v) is 9.54. The van der Waals surface area contributed by atoms with Crippen LogP contribution in [0.3, 0.4) is 0 Å². The van der Waals surface area contributed by atoms with E-state index in [4.69, 9.17) is 16.3 Å². The molecule has 6 nitrogen and oxygen atoms in total. The van der Waals surface area contributed by atoms with Crippen molar-refractivity contribution < 1.29 is 19.4 Å². The molecule has 0 radical (unpaired) electrons. The second-order valence-electron chi connectivity index (χ2n) is 9.14. The van der Waals surface area contributed by atoms with Crippen molar-refractivity contribution in [2.75, 3.05) is 4.90 Å². The van der Waals surface area contributed by atoms with E-state index >= 15 is 0 Å². The molecule has 0 spiro atoms. The van der Waals surface area contributed by atoms with Crippen molar-refractivity contribution in [3.63, 3.8) is 0 Å². The van der Waals surface area contributed by atoms with Crippen molar-refractivity contribution in [2.45, 2.75) is 26.5 Å². The van der Waals surface area contributed by atoms with Crippen LogP contribution in [0.4, 0.5) is 5.69 Å². The number of hydrogen-bond acceptors (Lipinski definition) is 5. The molecule has 7 heteroatoms. The number of ketones is 1. The van der Waals surface area contributed by atoms with Crippen LogP contribution in [0.5, 0.6) is 5.75 Å². The number of aliphatic hydroxyl groups excluding tert-OH is 1. The van der Waals surface area contributed by atoms with Crippen molar-refractivity contribution in [1.82, 2.24) is 4.98 Å². The number of rotatable bonds is 6. The number of anilines is 1. The lowest BCUT2D eigenvalue weighted by molar-refractivity contribution is -0.132. The predicted octanol–water partition coefficient (Wildman–Crippen LogP) is 6.56. The Morgan fingerprint density at radius 2 is 1.68 bits per heavy atom. The van der Waals surface area contributed by atoms with Crippen molar-refractivity contribution >= 4 is 34.7 Å². The Morgan fingerprint density at radius 1 is 0.947 bits per heavy atom. The highest BCUT2D eigenvalue weighted by atomic mass is 35.5. The van der Waals surface area contributed by atoms with Gasteiger partial charge in [-0.25, -0.2) is 0 Å². The molecule has 190 valence electrons. The van der Waals surface area contributed by atoms with Gasteiger partial charge in [0.05, 0.1) is 11.6 Å². The summed E-state index contributed by atoms with van der Waals surface area (Å²) in [6.07, 6.45) is 3.17.